The van der Waals surface area contributed by atoms with Crippen LogP contribution in [-0.2, 0) is 13.7 Å². The molecule has 0 aliphatic carbocycles. The van der Waals surface area contributed by atoms with E-state index >= 15 is 0 Å². The molecule has 98 valence electrons. The van der Waals surface area contributed by atoms with Crippen molar-refractivity contribution in [3.8, 4) is 0 Å². The summed E-state index contributed by atoms with van der Waals surface area (Å²) in [5.74, 6) is 0. The molecule has 1 aliphatic rings. The Balaban J connectivity index is 0. The van der Waals surface area contributed by atoms with Crippen molar-refractivity contribution < 1.29 is 44.7 Å². The number of nitrogens with two attached hydrogens (primary N) is 1. The molecule has 0 saturated carbocycles. The molecular formula is C9H23N3NaO3P. The first-order chi connectivity index (χ1) is 7.70. The van der Waals surface area contributed by atoms with E-state index in [4.69, 9.17) is 14.9 Å². The van der Waals surface area contributed by atoms with Crippen LogP contribution in [0.15, 0.2) is 0 Å². The Morgan fingerprint density at radius 1 is 1.47 bits per heavy atom. The zero-order valence-electron chi connectivity index (χ0n) is 11.9. The number of nitrogens with one attached hydrogen (secondary N) is 1. The molecule has 1 aliphatic heterocycles. The summed E-state index contributed by atoms with van der Waals surface area (Å²) in [4.78, 5) is 0. The fourth-order valence-corrected chi connectivity index (χ4v) is 2.97. The first kappa shape index (κ1) is 18.0. The maximum atomic E-state index is 12.3. The molecule has 1 fully saturated rings. The van der Waals surface area contributed by atoms with Gasteiger partial charge in [-0.15, -0.1) is 0 Å². The monoisotopic (exact) mass is 275 g/mol. The second-order valence-corrected chi connectivity index (χ2v) is 5.81. The Labute approximate surface area is 127 Å². The van der Waals surface area contributed by atoms with Crippen LogP contribution in [0.4, 0.5) is 0 Å². The molecule has 1 unspecified atom stereocenters. The first-order valence-corrected chi connectivity index (χ1v) is 7.52. The number of piperazine rings is 1. The summed E-state index contributed by atoms with van der Waals surface area (Å²) in [5.41, 5.74) is 5.43. The third kappa shape index (κ3) is 7.25. The molecule has 0 bridgehead atoms. The SMILES string of the molecule is CCCOP(=O)(CCN)ON1CCNCC1.[H-].[Na+]. The summed E-state index contributed by atoms with van der Waals surface area (Å²) < 4.78 is 23.0. The normalized spacial score (nSPS) is 20.6. The van der Waals surface area contributed by atoms with Crippen molar-refractivity contribution in [3.63, 3.8) is 0 Å². The second kappa shape index (κ2) is 9.89. The topological polar surface area (TPSA) is 76.8 Å². The molecule has 8 heteroatoms. The van der Waals surface area contributed by atoms with E-state index < -0.39 is 7.60 Å². The van der Waals surface area contributed by atoms with Gasteiger partial charge in [0.2, 0.25) is 0 Å². The summed E-state index contributed by atoms with van der Waals surface area (Å²) in [6.45, 7) is 5.87. The van der Waals surface area contributed by atoms with Gasteiger partial charge < -0.3 is 17.0 Å². The van der Waals surface area contributed by atoms with Crippen LogP contribution in [0.25, 0.3) is 0 Å². The van der Waals surface area contributed by atoms with Crippen LogP contribution in [0.1, 0.15) is 14.8 Å². The van der Waals surface area contributed by atoms with Crippen LogP contribution < -0.4 is 40.6 Å². The predicted molar refractivity (Wildman–Crippen MR) is 64.4 cm³/mol. The third-order valence-electron chi connectivity index (χ3n) is 2.21. The fourth-order valence-electron chi connectivity index (χ4n) is 1.42. The van der Waals surface area contributed by atoms with E-state index in [0.29, 0.717) is 13.2 Å². The summed E-state index contributed by atoms with van der Waals surface area (Å²) in [6.07, 6.45) is 1.09. The summed E-state index contributed by atoms with van der Waals surface area (Å²) in [6, 6.07) is 0. The van der Waals surface area contributed by atoms with Gasteiger partial charge in [0.25, 0.3) is 0 Å². The minimum Gasteiger partial charge on any atom is -1.00 e. The molecule has 0 spiro atoms. The number of hydroxylamine groups is 2. The largest absolute Gasteiger partial charge is 1.00 e. The molecule has 6 nitrogen and oxygen atoms in total. The average molecular weight is 275 g/mol. The minimum absolute atomic E-state index is 0. The van der Waals surface area contributed by atoms with Crippen molar-refractivity contribution in [1.29, 1.82) is 0 Å². The van der Waals surface area contributed by atoms with Gasteiger partial charge in [0.15, 0.2) is 0 Å². The van der Waals surface area contributed by atoms with Crippen LogP contribution in [-0.4, -0.2) is 50.6 Å². The first-order valence-electron chi connectivity index (χ1n) is 5.79. The number of hydrogen-bond donors (Lipinski definition) is 2. The zero-order valence-corrected chi connectivity index (χ0v) is 13.7. The van der Waals surface area contributed by atoms with E-state index in [9.17, 15) is 4.57 Å². The van der Waals surface area contributed by atoms with Crippen LogP contribution in [0, 0.1) is 0 Å². The van der Waals surface area contributed by atoms with Crippen molar-refractivity contribution in [2.75, 3.05) is 45.5 Å². The minimum atomic E-state index is -3.03. The van der Waals surface area contributed by atoms with Crippen molar-refractivity contribution in [1.82, 2.24) is 10.4 Å². The molecule has 0 radical (unpaired) electrons. The summed E-state index contributed by atoms with van der Waals surface area (Å²) in [5, 5.41) is 4.91. The molecule has 3 N–H and O–H groups in total. The van der Waals surface area contributed by atoms with Crippen LogP contribution >= 0.6 is 7.60 Å². The van der Waals surface area contributed by atoms with Gasteiger partial charge in [-0.2, -0.15) is 5.06 Å². The van der Waals surface area contributed by atoms with E-state index in [-0.39, 0.29) is 37.1 Å². The maximum absolute atomic E-state index is 12.3. The standard InChI is InChI=1S/C9H22N3O3P.Na.H/c1-2-8-14-16(13,9-3-10)15-12-6-4-11-5-7-12;;/h11H,2-10H2,1H3;;/q;+1;-1. The van der Waals surface area contributed by atoms with Gasteiger partial charge in [0, 0.05) is 32.7 Å². The van der Waals surface area contributed by atoms with Gasteiger partial charge in [-0.05, 0) is 6.42 Å². The molecule has 0 aromatic carbocycles. The zero-order chi connectivity index (χ0) is 11.9. The van der Waals surface area contributed by atoms with Gasteiger partial charge in [-0.1, -0.05) is 6.92 Å². The van der Waals surface area contributed by atoms with E-state index in [0.717, 1.165) is 32.6 Å². The Morgan fingerprint density at radius 3 is 2.65 bits per heavy atom. The Kier molecular flexibility index (Phi) is 10.5. The Morgan fingerprint density at radius 2 is 2.12 bits per heavy atom. The van der Waals surface area contributed by atoms with Gasteiger partial charge in [-0.3, -0.25) is 4.57 Å². The number of hydrogen-bond acceptors (Lipinski definition) is 6. The molecule has 1 rings (SSSR count). The summed E-state index contributed by atoms with van der Waals surface area (Å²) in [7, 11) is -3.03. The second-order valence-electron chi connectivity index (χ2n) is 3.72. The van der Waals surface area contributed by atoms with Gasteiger partial charge in [0.1, 0.15) is 0 Å². The van der Waals surface area contributed by atoms with Crippen molar-refractivity contribution >= 4 is 7.60 Å². The van der Waals surface area contributed by atoms with Gasteiger partial charge >= 0.3 is 37.2 Å². The molecule has 17 heavy (non-hydrogen) atoms. The molecule has 0 aromatic heterocycles. The molecular weight excluding hydrogens is 252 g/mol. The molecule has 1 saturated heterocycles. The van der Waals surface area contributed by atoms with Crippen molar-refractivity contribution in [2.24, 2.45) is 5.73 Å². The van der Waals surface area contributed by atoms with Gasteiger partial charge in [-0.25, -0.2) is 4.62 Å². The predicted octanol–water partition coefficient (Wildman–Crippen LogP) is -2.48. The Bertz CT molecular complexity index is 245. The quantitative estimate of drug-likeness (QED) is 0.396. The average Bonchev–Trinajstić information content (AvgIpc) is 2.28. The molecule has 1 heterocycles. The smallest absolute Gasteiger partial charge is 1.00 e. The maximum Gasteiger partial charge on any atom is 1.00 e. The van der Waals surface area contributed by atoms with E-state index in [2.05, 4.69) is 5.32 Å². The van der Waals surface area contributed by atoms with E-state index in [1.54, 1.807) is 5.06 Å². The molecule has 0 aromatic rings. The van der Waals surface area contributed by atoms with Gasteiger partial charge in [0.05, 0.1) is 12.8 Å². The van der Waals surface area contributed by atoms with E-state index in [1.165, 1.54) is 0 Å². The van der Waals surface area contributed by atoms with E-state index in [1.807, 2.05) is 6.92 Å². The molecule has 1 atom stereocenters. The van der Waals surface area contributed by atoms with Crippen LogP contribution in [0.5, 0.6) is 0 Å². The molecule has 0 amide bonds. The van der Waals surface area contributed by atoms with Crippen LogP contribution in [0.2, 0.25) is 0 Å². The number of nitrogens with zero attached hydrogens (tertiary/aromatic N) is 1. The Hall–Kier alpha value is 1.03. The fraction of sp³-hybridized carbons (Fsp3) is 1.00. The third-order valence-corrected chi connectivity index (χ3v) is 4.07. The van der Waals surface area contributed by atoms with Crippen molar-refractivity contribution in [3.05, 3.63) is 0 Å². The number of rotatable bonds is 7. The van der Waals surface area contributed by atoms with Crippen LogP contribution in [0.3, 0.4) is 0 Å². The summed E-state index contributed by atoms with van der Waals surface area (Å²) >= 11 is 0. The van der Waals surface area contributed by atoms with Crippen molar-refractivity contribution in [2.45, 2.75) is 13.3 Å².